The fourth-order valence-corrected chi connectivity index (χ4v) is 3.63. The molecule has 0 unspecified atom stereocenters. The van der Waals surface area contributed by atoms with E-state index in [0.29, 0.717) is 29.6 Å². The number of nitro groups is 1. The average molecular weight is 402 g/mol. The molecule has 3 rings (SSSR count). The second-order valence-electron chi connectivity index (χ2n) is 6.74. The van der Waals surface area contributed by atoms with Gasteiger partial charge in [0.15, 0.2) is 11.5 Å². The Bertz CT molecular complexity index is 900. The molecule has 1 N–H and O–H groups in total. The number of hydrogen-bond acceptors (Lipinski definition) is 6. The molecule has 1 atom stereocenters. The van der Waals surface area contributed by atoms with Gasteiger partial charge in [-0.15, -0.1) is 11.8 Å². The van der Waals surface area contributed by atoms with E-state index in [0.717, 1.165) is 5.56 Å². The van der Waals surface area contributed by atoms with Crippen LogP contribution in [-0.2, 0) is 0 Å². The first kappa shape index (κ1) is 20.0. The Balaban J connectivity index is 1.86. The number of carbonyl (C=O) groups is 1. The average Bonchev–Trinajstić information content (AvgIpc) is 2.70. The highest BCUT2D eigenvalue weighted by atomic mass is 32.2. The van der Waals surface area contributed by atoms with E-state index in [4.69, 9.17) is 9.47 Å². The second-order valence-corrected chi connectivity index (χ2v) is 7.59. The molecule has 1 heterocycles. The standard InChI is InChI=1S/C20H22N2O5S/c1-12(2)19(13-4-6-16-17(11-13)27-9-8-26-16)21-20(23)14-5-7-18(28-3)15(10-14)22(24)25/h4-7,10-12,19H,8-9H2,1-3H3,(H,21,23)/t19-/m1/s1. The summed E-state index contributed by atoms with van der Waals surface area (Å²) >= 11 is 1.27. The Labute approximate surface area is 167 Å². The quantitative estimate of drug-likeness (QED) is 0.442. The van der Waals surface area contributed by atoms with Gasteiger partial charge in [0.2, 0.25) is 0 Å². The number of amides is 1. The maximum absolute atomic E-state index is 12.8. The van der Waals surface area contributed by atoms with Gasteiger partial charge in [0.1, 0.15) is 13.2 Å². The van der Waals surface area contributed by atoms with Gasteiger partial charge >= 0.3 is 0 Å². The highest BCUT2D eigenvalue weighted by Gasteiger charge is 2.23. The first-order valence-corrected chi connectivity index (χ1v) is 10.2. The summed E-state index contributed by atoms with van der Waals surface area (Å²) in [6.45, 7) is 5.00. The molecule has 2 aromatic rings. The second kappa shape index (κ2) is 8.52. The third kappa shape index (κ3) is 4.22. The molecule has 28 heavy (non-hydrogen) atoms. The lowest BCUT2D eigenvalue weighted by atomic mass is 9.95. The Morgan fingerprint density at radius 1 is 1.14 bits per heavy atom. The first-order chi connectivity index (χ1) is 13.4. The zero-order valence-corrected chi connectivity index (χ0v) is 16.7. The number of rotatable bonds is 6. The molecule has 0 aromatic heterocycles. The highest BCUT2D eigenvalue weighted by molar-refractivity contribution is 7.98. The van der Waals surface area contributed by atoms with Crippen molar-refractivity contribution in [3.05, 3.63) is 57.6 Å². The summed E-state index contributed by atoms with van der Waals surface area (Å²) in [4.78, 5) is 24.1. The number of carbonyl (C=O) groups excluding carboxylic acids is 1. The van der Waals surface area contributed by atoms with Crippen LogP contribution in [0.2, 0.25) is 0 Å². The largest absolute Gasteiger partial charge is 0.486 e. The van der Waals surface area contributed by atoms with Crippen LogP contribution in [0.1, 0.15) is 35.8 Å². The number of nitrogens with one attached hydrogen (secondary N) is 1. The van der Waals surface area contributed by atoms with Crippen molar-refractivity contribution in [2.24, 2.45) is 5.92 Å². The minimum absolute atomic E-state index is 0.0689. The molecule has 0 saturated heterocycles. The molecule has 0 saturated carbocycles. The zero-order chi connectivity index (χ0) is 20.3. The number of fused-ring (bicyclic) bond motifs is 1. The molecular formula is C20H22N2O5S. The van der Waals surface area contributed by atoms with Crippen LogP contribution in [0.4, 0.5) is 5.69 Å². The molecule has 148 valence electrons. The predicted octanol–water partition coefficient (Wildman–Crippen LogP) is 4.22. The summed E-state index contributed by atoms with van der Waals surface area (Å²) in [5.41, 5.74) is 1.08. The molecule has 0 fully saturated rings. The van der Waals surface area contributed by atoms with E-state index in [1.54, 1.807) is 18.4 Å². The molecule has 8 heteroatoms. The van der Waals surface area contributed by atoms with Gasteiger partial charge in [0, 0.05) is 11.6 Å². The van der Waals surface area contributed by atoms with E-state index in [1.807, 2.05) is 32.0 Å². The van der Waals surface area contributed by atoms with Crippen molar-refractivity contribution in [2.75, 3.05) is 19.5 Å². The zero-order valence-electron chi connectivity index (χ0n) is 15.9. The van der Waals surface area contributed by atoms with E-state index < -0.39 is 4.92 Å². The molecule has 0 aliphatic carbocycles. The Hall–Kier alpha value is -2.74. The SMILES string of the molecule is CSc1ccc(C(=O)N[C@@H](c2ccc3c(c2)OCCO3)C(C)C)cc1[N+](=O)[O-]. The van der Waals surface area contributed by atoms with Gasteiger partial charge in [-0.3, -0.25) is 14.9 Å². The minimum Gasteiger partial charge on any atom is -0.486 e. The molecule has 2 aromatic carbocycles. The fourth-order valence-electron chi connectivity index (χ4n) is 3.09. The lowest BCUT2D eigenvalue weighted by Crippen LogP contribution is -2.32. The Morgan fingerprint density at radius 2 is 1.86 bits per heavy atom. The number of benzene rings is 2. The molecule has 0 radical (unpaired) electrons. The van der Waals surface area contributed by atoms with E-state index in [-0.39, 0.29) is 29.1 Å². The summed E-state index contributed by atoms with van der Waals surface area (Å²) in [5.74, 6) is 1.09. The summed E-state index contributed by atoms with van der Waals surface area (Å²) < 4.78 is 11.2. The maximum Gasteiger partial charge on any atom is 0.283 e. The lowest BCUT2D eigenvalue weighted by Gasteiger charge is -2.25. The van der Waals surface area contributed by atoms with Crippen LogP contribution in [-0.4, -0.2) is 30.3 Å². The molecule has 0 spiro atoms. The van der Waals surface area contributed by atoms with Crippen molar-refractivity contribution >= 4 is 23.4 Å². The van der Waals surface area contributed by atoms with E-state index in [2.05, 4.69) is 5.32 Å². The van der Waals surface area contributed by atoms with Gasteiger partial charge < -0.3 is 14.8 Å². The maximum atomic E-state index is 12.8. The van der Waals surface area contributed by atoms with Gasteiger partial charge in [-0.25, -0.2) is 0 Å². The Kier molecular flexibility index (Phi) is 6.08. The van der Waals surface area contributed by atoms with E-state index >= 15 is 0 Å². The summed E-state index contributed by atoms with van der Waals surface area (Å²) in [6, 6.07) is 9.87. The van der Waals surface area contributed by atoms with E-state index in [1.165, 1.54) is 17.8 Å². The molecule has 1 amide bonds. The monoisotopic (exact) mass is 402 g/mol. The summed E-state index contributed by atoms with van der Waals surface area (Å²) in [5, 5.41) is 14.3. The number of ether oxygens (including phenoxy) is 2. The van der Waals surface area contributed by atoms with Crippen molar-refractivity contribution in [3.8, 4) is 11.5 Å². The summed E-state index contributed by atoms with van der Waals surface area (Å²) in [7, 11) is 0. The lowest BCUT2D eigenvalue weighted by molar-refractivity contribution is -0.387. The first-order valence-electron chi connectivity index (χ1n) is 8.93. The number of thioether (sulfide) groups is 1. The van der Waals surface area contributed by atoms with Gasteiger partial charge in [-0.2, -0.15) is 0 Å². The summed E-state index contributed by atoms with van der Waals surface area (Å²) in [6.07, 6.45) is 1.76. The van der Waals surface area contributed by atoms with Crippen molar-refractivity contribution in [1.82, 2.24) is 5.32 Å². The van der Waals surface area contributed by atoms with Gasteiger partial charge in [-0.05, 0) is 42.0 Å². The van der Waals surface area contributed by atoms with Crippen LogP contribution in [0, 0.1) is 16.0 Å². The van der Waals surface area contributed by atoms with Gasteiger partial charge in [0.05, 0.1) is 15.9 Å². The van der Waals surface area contributed by atoms with Crippen LogP contribution < -0.4 is 14.8 Å². The van der Waals surface area contributed by atoms with Crippen LogP contribution in [0.5, 0.6) is 11.5 Å². The van der Waals surface area contributed by atoms with Crippen molar-refractivity contribution in [1.29, 1.82) is 0 Å². The van der Waals surface area contributed by atoms with Crippen LogP contribution in [0.25, 0.3) is 0 Å². The third-order valence-corrected chi connectivity index (χ3v) is 5.30. The molecule has 1 aliphatic rings. The molecular weight excluding hydrogens is 380 g/mol. The topological polar surface area (TPSA) is 90.7 Å². The normalized spacial score (nSPS) is 13.9. The number of hydrogen-bond donors (Lipinski definition) is 1. The van der Waals surface area contributed by atoms with Gasteiger partial charge in [-0.1, -0.05) is 19.9 Å². The Morgan fingerprint density at radius 3 is 2.50 bits per heavy atom. The predicted molar refractivity (Wildman–Crippen MR) is 107 cm³/mol. The molecule has 1 aliphatic heterocycles. The van der Waals surface area contributed by atoms with E-state index in [9.17, 15) is 14.9 Å². The number of nitro benzene ring substituents is 1. The van der Waals surface area contributed by atoms with Crippen molar-refractivity contribution in [3.63, 3.8) is 0 Å². The molecule has 7 nitrogen and oxygen atoms in total. The smallest absolute Gasteiger partial charge is 0.283 e. The van der Waals surface area contributed by atoms with Gasteiger partial charge in [0.25, 0.3) is 11.6 Å². The molecule has 0 bridgehead atoms. The minimum atomic E-state index is -0.469. The third-order valence-electron chi connectivity index (χ3n) is 4.52. The van der Waals surface area contributed by atoms with Crippen LogP contribution in [0.15, 0.2) is 41.3 Å². The number of nitrogens with zero attached hydrogens (tertiary/aromatic N) is 1. The van der Waals surface area contributed by atoms with Crippen molar-refractivity contribution in [2.45, 2.75) is 24.8 Å². The van der Waals surface area contributed by atoms with Crippen molar-refractivity contribution < 1.29 is 19.2 Å². The van der Waals surface area contributed by atoms with Crippen LogP contribution in [0.3, 0.4) is 0 Å². The highest BCUT2D eigenvalue weighted by Crippen LogP contribution is 2.35. The van der Waals surface area contributed by atoms with Crippen LogP contribution >= 0.6 is 11.8 Å². The fraction of sp³-hybridized carbons (Fsp3) is 0.350.